The van der Waals surface area contributed by atoms with Gasteiger partial charge in [0.25, 0.3) is 0 Å². The molecule has 0 spiro atoms. The van der Waals surface area contributed by atoms with Gasteiger partial charge in [-0.05, 0) is 74.6 Å². The molecule has 2 aliphatic rings. The van der Waals surface area contributed by atoms with Crippen LogP contribution in [-0.4, -0.2) is 32.9 Å². The van der Waals surface area contributed by atoms with E-state index >= 15 is 0 Å². The minimum atomic E-state index is -1.07. The third kappa shape index (κ3) is 5.03. The monoisotopic (exact) mass is 535 g/mol. The maximum atomic E-state index is 13.7. The molecule has 2 amide bonds. The van der Waals surface area contributed by atoms with Gasteiger partial charge in [-0.25, -0.2) is 4.98 Å². The molecule has 0 bridgehead atoms. The molecule has 40 heavy (non-hydrogen) atoms. The van der Waals surface area contributed by atoms with Crippen LogP contribution in [0.4, 0.5) is 11.5 Å². The van der Waals surface area contributed by atoms with E-state index in [-0.39, 0.29) is 17.9 Å². The number of aliphatic hydroxyl groups is 1. The van der Waals surface area contributed by atoms with Crippen molar-refractivity contribution in [3.63, 3.8) is 0 Å². The molecule has 0 saturated heterocycles. The number of fused-ring (bicyclic) bond motifs is 1. The molecular weight excluding hydrogens is 506 g/mol. The molecule has 1 aliphatic heterocycles. The van der Waals surface area contributed by atoms with Gasteiger partial charge in [0.05, 0.1) is 11.4 Å². The summed E-state index contributed by atoms with van der Waals surface area (Å²) in [6.07, 6.45) is 8.38. The quantitative estimate of drug-likeness (QED) is 0.220. The number of rotatable bonds is 6. The van der Waals surface area contributed by atoms with Crippen LogP contribution in [0, 0.1) is 11.1 Å². The highest BCUT2D eigenvalue weighted by molar-refractivity contribution is 6.13. The number of pyridine rings is 3. The first kappa shape index (κ1) is 25.6. The van der Waals surface area contributed by atoms with Crippen LogP contribution in [0.25, 0.3) is 22.3 Å². The van der Waals surface area contributed by atoms with E-state index in [4.69, 9.17) is 0 Å². The molecule has 3 aromatic heterocycles. The first-order valence-corrected chi connectivity index (χ1v) is 13.3. The molecule has 202 valence electrons. The standard InChI is InChI=1S/C31H29N5O4/c1-31(2,39)27-11-8-21(16-33-27)23-13-22(17-35(40)18-23)19-5-3-7-25(14-19)36-28-20(6-4-12-32-28)15-26(30(36)38)29(37)34-24-9-10-24/h3-8,11-14,16-18,24,26,39H,9-10,15H2,1-2H3,(H,34,37). The van der Waals surface area contributed by atoms with Crippen LogP contribution in [0.3, 0.4) is 0 Å². The maximum Gasteiger partial charge on any atom is 0.245 e. The zero-order valence-corrected chi connectivity index (χ0v) is 22.2. The Labute approximate surface area is 231 Å². The van der Waals surface area contributed by atoms with E-state index in [1.54, 1.807) is 44.4 Å². The number of nitrogens with zero attached hydrogens (tertiary/aromatic N) is 4. The van der Waals surface area contributed by atoms with E-state index in [1.807, 2.05) is 36.4 Å². The van der Waals surface area contributed by atoms with Crippen molar-refractivity contribution >= 4 is 23.3 Å². The third-order valence-electron chi connectivity index (χ3n) is 7.27. The lowest BCUT2D eigenvalue weighted by atomic mass is 9.92. The fraction of sp³-hybridized carbons (Fsp3) is 0.258. The molecular formula is C31H29N5O4. The van der Waals surface area contributed by atoms with Gasteiger partial charge in [0.1, 0.15) is 17.3 Å². The number of carbonyl (C=O) groups is 2. The number of anilines is 2. The topological polar surface area (TPSA) is 122 Å². The molecule has 9 heteroatoms. The lowest BCUT2D eigenvalue weighted by molar-refractivity contribution is -0.604. The van der Waals surface area contributed by atoms with E-state index in [9.17, 15) is 19.9 Å². The van der Waals surface area contributed by atoms with E-state index in [0.717, 1.165) is 34.3 Å². The van der Waals surface area contributed by atoms with Crippen molar-refractivity contribution in [1.82, 2.24) is 15.3 Å². The molecule has 4 heterocycles. The largest absolute Gasteiger partial charge is 0.619 e. The molecule has 4 aromatic rings. The lowest BCUT2D eigenvalue weighted by Crippen LogP contribution is -2.47. The summed E-state index contributed by atoms with van der Waals surface area (Å²) in [6, 6.07) is 16.6. The van der Waals surface area contributed by atoms with Gasteiger partial charge in [0, 0.05) is 35.1 Å². The Balaban J connectivity index is 1.36. The average molecular weight is 536 g/mol. The first-order chi connectivity index (χ1) is 19.2. The fourth-order valence-corrected chi connectivity index (χ4v) is 4.96. The Morgan fingerprint density at radius 2 is 1.80 bits per heavy atom. The van der Waals surface area contributed by atoms with Crippen LogP contribution in [0.5, 0.6) is 0 Å². The smallest absolute Gasteiger partial charge is 0.245 e. The molecule has 9 nitrogen and oxygen atoms in total. The minimum Gasteiger partial charge on any atom is -0.619 e. The first-order valence-electron chi connectivity index (χ1n) is 13.3. The minimum absolute atomic E-state index is 0.153. The number of hydrogen-bond acceptors (Lipinski definition) is 6. The highest BCUT2D eigenvalue weighted by Gasteiger charge is 2.40. The number of nitrogens with one attached hydrogen (secondary N) is 1. The van der Waals surface area contributed by atoms with Crippen molar-refractivity contribution in [2.75, 3.05) is 4.90 Å². The van der Waals surface area contributed by atoms with Gasteiger partial charge in [-0.2, -0.15) is 4.73 Å². The fourth-order valence-electron chi connectivity index (χ4n) is 4.96. The summed E-state index contributed by atoms with van der Waals surface area (Å²) >= 11 is 0. The zero-order chi connectivity index (χ0) is 28.0. The molecule has 1 unspecified atom stereocenters. The van der Waals surface area contributed by atoms with Crippen LogP contribution in [0.15, 0.2) is 79.4 Å². The Hall–Kier alpha value is -4.63. The van der Waals surface area contributed by atoms with Crippen molar-refractivity contribution in [2.24, 2.45) is 5.92 Å². The number of benzene rings is 1. The number of carbonyl (C=O) groups excluding carboxylic acids is 2. The summed E-state index contributed by atoms with van der Waals surface area (Å²) in [7, 11) is 0. The maximum absolute atomic E-state index is 13.7. The molecule has 1 aromatic carbocycles. The van der Waals surface area contributed by atoms with Gasteiger partial charge in [-0.3, -0.25) is 19.5 Å². The SMILES string of the molecule is CC(C)(O)c1ccc(-c2cc(-c3cccc(N4C(=O)C(C(=O)NC5CC5)Cc5cccnc54)c3)c[n+]([O-])c2)cn1. The highest BCUT2D eigenvalue weighted by atomic mass is 16.5. The summed E-state index contributed by atoms with van der Waals surface area (Å²) in [5.41, 5.74) is 3.59. The van der Waals surface area contributed by atoms with Gasteiger partial charge in [0.2, 0.25) is 11.8 Å². The van der Waals surface area contributed by atoms with E-state index in [2.05, 4.69) is 15.3 Å². The van der Waals surface area contributed by atoms with E-state index in [0.29, 0.717) is 34.7 Å². The van der Waals surface area contributed by atoms with Gasteiger partial charge >= 0.3 is 0 Å². The van der Waals surface area contributed by atoms with E-state index in [1.165, 1.54) is 17.3 Å². The summed E-state index contributed by atoms with van der Waals surface area (Å²) in [5, 5.41) is 25.8. The normalized spacial score (nSPS) is 16.9. The van der Waals surface area contributed by atoms with Gasteiger partial charge in [-0.15, -0.1) is 0 Å². The van der Waals surface area contributed by atoms with Gasteiger partial charge in [-0.1, -0.05) is 24.3 Å². The second-order valence-corrected chi connectivity index (χ2v) is 10.9. The van der Waals surface area contributed by atoms with Crippen LogP contribution < -0.4 is 14.9 Å². The van der Waals surface area contributed by atoms with Crippen LogP contribution in [0.2, 0.25) is 0 Å². The second kappa shape index (κ2) is 9.84. The van der Waals surface area contributed by atoms with E-state index < -0.39 is 11.5 Å². The molecule has 2 N–H and O–H groups in total. The molecule has 1 aliphatic carbocycles. The van der Waals surface area contributed by atoms with Crippen molar-refractivity contribution in [2.45, 2.75) is 44.8 Å². The predicted octanol–water partition coefficient (Wildman–Crippen LogP) is 3.79. The zero-order valence-electron chi connectivity index (χ0n) is 22.2. The van der Waals surface area contributed by atoms with Crippen molar-refractivity contribution in [1.29, 1.82) is 0 Å². The Bertz CT molecular complexity index is 1610. The Kier molecular flexibility index (Phi) is 6.31. The van der Waals surface area contributed by atoms with Crippen molar-refractivity contribution < 1.29 is 19.4 Å². The number of aromatic nitrogens is 3. The Morgan fingerprint density at radius 1 is 1.02 bits per heavy atom. The highest BCUT2D eigenvalue weighted by Crippen LogP contribution is 2.37. The summed E-state index contributed by atoms with van der Waals surface area (Å²) in [4.78, 5) is 37.1. The molecule has 6 rings (SSSR count). The molecule has 1 fully saturated rings. The molecule has 1 saturated carbocycles. The number of amides is 2. The lowest BCUT2D eigenvalue weighted by Gasteiger charge is -2.32. The molecule has 0 radical (unpaired) electrons. The molecule has 1 atom stereocenters. The summed E-state index contributed by atoms with van der Waals surface area (Å²) in [6.45, 7) is 3.33. The predicted molar refractivity (Wildman–Crippen MR) is 149 cm³/mol. The van der Waals surface area contributed by atoms with Crippen LogP contribution >= 0.6 is 0 Å². The van der Waals surface area contributed by atoms with Crippen molar-refractivity contribution in [3.8, 4) is 22.3 Å². The second-order valence-electron chi connectivity index (χ2n) is 10.9. The van der Waals surface area contributed by atoms with Gasteiger partial charge in [0.15, 0.2) is 12.4 Å². The average Bonchev–Trinajstić information content (AvgIpc) is 3.76. The van der Waals surface area contributed by atoms with Gasteiger partial charge < -0.3 is 15.6 Å². The Morgan fingerprint density at radius 3 is 2.50 bits per heavy atom. The van der Waals surface area contributed by atoms with Crippen molar-refractivity contribution in [3.05, 3.63) is 95.8 Å². The number of hydrogen-bond donors (Lipinski definition) is 2. The van der Waals surface area contributed by atoms with Crippen LogP contribution in [0.1, 0.15) is 37.9 Å². The third-order valence-corrected chi connectivity index (χ3v) is 7.27. The summed E-state index contributed by atoms with van der Waals surface area (Å²) in [5.74, 6) is -0.919. The summed E-state index contributed by atoms with van der Waals surface area (Å²) < 4.78 is 0.738. The van der Waals surface area contributed by atoms with Crippen LogP contribution in [-0.2, 0) is 21.6 Å².